The van der Waals surface area contributed by atoms with Gasteiger partial charge in [-0.25, -0.2) is 0 Å². The first-order chi connectivity index (χ1) is 18.2. The van der Waals surface area contributed by atoms with Crippen molar-refractivity contribution in [2.24, 2.45) is 0 Å². The minimum Gasteiger partial charge on any atom is -0.497 e. The molecule has 0 saturated carbocycles. The number of carbonyl (C=O) groups excluding carboxylic acids is 1. The van der Waals surface area contributed by atoms with Crippen LogP contribution in [0.3, 0.4) is 0 Å². The first kappa shape index (κ1) is 24.8. The molecular weight excluding hydrogens is 468 g/mol. The van der Waals surface area contributed by atoms with Gasteiger partial charge in [0.2, 0.25) is 5.91 Å². The lowest BCUT2D eigenvalue weighted by Gasteiger charge is -2.24. The van der Waals surface area contributed by atoms with Gasteiger partial charge in [0.15, 0.2) is 11.5 Å². The molecule has 2 aromatic carbocycles. The standard InChI is InChI=1S/C30H32N2O5/c1-34-26-10-7-22(8-11-26)9-12-29(33)32-14-16-36-30-25(20-32)17-24(23-5-4-13-31-19-23)18-28(30)37-21-27-6-2-3-15-35-27/h4-5,7-13,17-19,27H,2-3,6,14-16,20-21H2,1H3/b12-9+/t27-/m0/s1. The highest BCUT2D eigenvalue weighted by Crippen LogP contribution is 2.39. The lowest BCUT2D eigenvalue weighted by Crippen LogP contribution is -2.30. The van der Waals surface area contributed by atoms with Gasteiger partial charge < -0.3 is 23.8 Å². The summed E-state index contributed by atoms with van der Waals surface area (Å²) in [5.41, 5.74) is 3.79. The molecule has 0 bridgehead atoms. The maximum atomic E-state index is 13.1. The Morgan fingerprint density at radius 3 is 2.78 bits per heavy atom. The van der Waals surface area contributed by atoms with Gasteiger partial charge in [-0.1, -0.05) is 18.2 Å². The van der Waals surface area contributed by atoms with Crippen molar-refractivity contribution in [3.05, 3.63) is 78.1 Å². The first-order valence-corrected chi connectivity index (χ1v) is 12.7. The van der Waals surface area contributed by atoms with Crippen molar-refractivity contribution < 1.29 is 23.7 Å². The lowest BCUT2D eigenvalue weighted by molar-refractivity contribution is -0.126. The Kier molecular flexibility index (Phi) is 8.01. The number of ether oxygens (including phenoxy) is 4. The Morgan fingerprint density at radius 2 is 2.03 bits per heavy atom. The molecule has 7 nitrogen and oxygen atoms in total. The number of methoxy groups -OCH3 is 1. The van der Waals surface area contributed by atoms with Gasteiger partial charge in [0, 0.05) is 42.7 Å². The van der Waals surface area contributed by atoms with Crippen LogP contribution < -0.4 is 14.2 Å². The molecule has 0 unspecified atom stereocenters. The van der Waals surface area contributed by atoms with E-state index in [0.717, 1.165) is 53.9 Å². The normalized spacial score (nSPS) is 17.5. The molecule has 0 radical (unpaired) electrons. The number of hydrogen-bond donors (Lipinski definition) is 0. The summed E-state index contributed by atoms with van der Waals surface area (Å²) in [5, 5.41) is 0. The number of pyridine rings is 1. The summed E-state index contributed by atoms with van der Waals surface area (Å²) in [6.45, 7) is 2.54. The number of nitrogens with zero attached hydrogens (tertiary/aromatic N) is 2. The molecule has 1 aromatic heterocycles. The second-order valence-electron chi connectivity index (χ2n) is 9.22. The summed E-state index contributed by atoms with van der Waals surface area (Å²) >= 11 is 0. The van der Waals surface area contributed by atoms with E-state index in [1.165, 1.54) is 0 Å². The zero-order valence-electron chi connectivity index (χ0n) is 21.1. The van der Waals surface area contributed by atoms with Gasteiger partial charge in [-0.15, -0.1) is 0 Å². The maximum absolute atomic E-state index is 13.1. The smallest absolute Gasteiger partial charge is 0.246 e. The average Bonchev–Trinajstić information content (AvgIpc) is 3.19. The van der Waals surface area contributed by atoms with Gasteiger partial charge in [-0.3, -0.25) is 9.78 Å². The SMILES string of the molecule is COc1ccc(/C=C/C(=O)N2CCOc3c(cc(-c4cccnc4)cc3OC[C@@H]3CCCCO3)C2)cc1. The second-order valence-corrected chi connectivity index (χ2v) is 9.22. The highest BCUT2D eigenvalue weighted by molar-refractivity contribution is 5.92. The summed E-state index contributed by atoms with van der Waals surface area (Å²) in [6, 6.07) is 15.6. The van der Waals surface area contributed by atoms with Crippen LogP contribution in [0, 0.1) is 0 Å². The predicted molar refractivity (Wildman–Crippen MR) is 142 cm³/mol. The number of hydrogen-bond acceptors (Lipinski definition) is 6. The topological polar surface area (TPSA) is 70.1 Å². The highest BCUT2D eigenvalue weighted by Gasteiger charge is 2.24. The lowest BCUT2D eigenvalue weighted by atomic mass is 10.0. The highest BCUT2D eigenvalue weighted by atomic mass is 16.5. The summed E-state index contributed by atoms with van der Waals surface area (Å²) in [6.07, 6.45) is 10.3. The molecule has 1 fully saturated rings. The van der Waals surface area contributed by atoms with Crippen molar-refractivity contribution in [2.75, 3.05) is 33.5 Å². The van der Waals surface area contributed by atoms with Gasteiger partial charge in [0.05, 0.1) is 19.8 Å². The minimum atomic E-state index is -0.0721. The first-order valence-electron chi connectivity index (χ1n) is 12.7. The summed E-state index contributed by atoms with van der Waals surface area (Å²) in [5.74, 6) is 2.07. The van der Waals surface area contributed by atoms with Crippen molar-refractivity contribution >= 4 is 12.0 Å². The molecular formula is C30H32N2O5. The van der Waals surface area contributed by atoms with E-state index in [1.807, 2.05) is 54.7 Å². The molecule has 0 spiro atoms. The fourth-order valence-corrected chi connectivity index (χ4v) is 4.59. The van der Waals surface area contributed by atoms with Gasteiger partial charge in [0.1, 0.15) is 19.0 Å². The number of aromatic nitrogens is 1. The number of carbonyl (C=O) groups is 1. The number of rotatable bonds is 7. The maximum Gasteiger partial charge on any atom is 0.246 e. The fraction of sp³-hybridized carbons (Fsp3) is 0.333. The van der Waals surface area contributed by atoms with Crippen LogP contribution in [0.1, 0.15) is 30.4 Å². The van der Waals surface area contributed by atoms with E-state index in [9.17, 15) is 4.79 Å². The molecule has 1 atom stereocenters. The van der Waals surface area contributed by atoms with E-state index in [2.05, 4.69) is 11.1 Å². The van der Waals surface area contributed by atoms with Crippen LogP contribution in [0.15, 0.2) is 67.0 Å². The minimum absolute atomic E-state index is 0.0721. The van der Waals surface area contributed by atoms with Crippen molar-refractivity contribution in [1.29, 1.82) is 0 Å². The molecule has 2 aliphatic rings. The van der Waals surface area contributed by atoms with Crippen LogP contribution in [0.5, 0.6) is 17.2 Å². The van der Waals surface area contributed by atoms with E-state index in [4.69, 9.17) is 18.9 Å². The molecule has 5 rings (SSSR count). The third-order valence-electron chi connectivity index (χ3n) is 6.64. The van der Waals surface area contributed by atoms with E-state index in [-0.39, 0.29) is 12.0 Å². The van der Waals surface area contributed by atoms with Crippen LogP contribution in [0.25, 0.3) is 17.2 Å². The number of benzene rings is 2. The van der Waals surface area contributed by atoms with Crippen molar-refractivity contribution in [3.8, 4) is 28.4 Å². The Balaban J connectivity index is 1.38. The Morgan fingerprint density at radius 1 is 1.14 bits per heavy atom. The summed E-state index contributed by atoms with van der Waals surface area (Å²) in [4.78, 5) is 19.2. The molecule has 7 heteroatoms. The zero-order chi connectivity index (χ0) is 25.5. The largest absolute Gasteiger partial charge is 0.497 e. The third-order valence-corrected chi connectivity index (χ3v) is 6.64. The molecule has 192 valence electrons. The van der Waals surface area contributed by atoms with Gasteiger partial charge in [-0.2, -0.15) is 0 Å². The zero-order valence-corrected chi connectivity index (χ0v) is 21.1. The Hall–Kier alpha value is -3.84. The molecule has 1 amide bonds. The van der Waals surface area contributed by atoms with Crippen molar-refractivity contribution in [1.82, 2.24) is 9.88 Å². The summed E-state index contributed by atoms with van der Waals surface area (Å²) in [7, 11) is 1.63. The van der Waals surface area contributed by atoms with Gasteiger partial charge in [-0.05, 0) is 66.8 Å². The van der Waals surface area contributed by atoms with Gasteiger partial charge in [0.25, 0.3) is 0 Å². The van der Waals surface area contributed by atoms with E-state index >= 15 is 0 Å². The average molecular weight is 501 g/mol. The fourth-order valence-electron chi connectivity index (χ4n) is 4.59. The second kappa shape index (κ2) is 11.9. The van der Waals surface area contributed by atoms with Crippen LogP contribution in [0.2, 0.25) is 0 Å². The Bertz CT molecular complexity index is 1220. The molecule has 3 heterocycles. The molecule has 2 aliphatic heterocycles. The number of amides is 1. The molecule has 0 aliphatic carbocycles. The van der Waals surface area contributed by atoms with Crippen molar-refractivity contribution in [3.63, 3.8) is 0 Å². The molecule has 1 saturated heterocycles. The van der Waals surface area contributed by atoms with E-state index in [1.54, 1.807) is 24.3 Å². The molecule has 37 heavy (non-hydrogen) atoms. The van der Waals surface area contributed by atoms with Crippen LogP contribution in [0.4, 0.5) is 0 Å². The predicted octanol–water partition coefficient (Wildman–Crippen LogP) is 5.14. The van der Waals surface area contributed by atoms with Crippen molar-refractivity contribution in [2.45, 2.75) is 31.9 Å². The quantitative estimate of drug-likeness (QED) is 0.419. The Labute approximate surface area is 217 Å². The molecule has 3 aromatic rings. The van der Waals surface area contributed by atoms with Crippen LogP contribution >= 0.6 is 0 Å². The van der Waals surface area contributed by atoms with E-state index < -0.39 is 0 Å². The summed E-state index contributed by atoms with van der Waals surface area (Å²) < 4.78 is 23.5. The van der Waals surface area contributed by atoms with Gasteiger partial charge >= 0.3 is 0 Å². The van der Waals surface area contributed by atoms with Crippen LogP contribution in [-0.4, -0.2) is 55.4 Å². The number of fused-ring (bicyclic) bond motifs is 1. The third kappa shape index (κ3) is 6.30. The monoisotopic (exact) mass is 500 g/mol. The molecule has 0 N–H and O–H groups in total. The van der Waals surface area contributed by atoms with Crippen LogP contribution in [-0.2, 0) is 16.1 Å². The van der Waals surface area contributed by atoms with E-state index in [0.29, 0.717) is 37.8 Å².